The maximum absolute atomic E-state index is 12.9. The van der Waals surface area contributed by atoms with Crippen LogP contribution in [0.5, 0.6) is 0 Å². The van der Waals surface area contributed by atoms with Crippen LogP contribution >= 0.6 is 23.4 Å². The van der Waals surface area contributed by atoms with Crippen LogP contribution in [0, 0.1) is 13.8 Å². The molecule has 29 heavy (non-hydrogen) atoms. The number of hydrogen-bond acceptors (Lipinski definition) is 6. The molecule has 0 fully saturated rings. The molecule has 2 heterocycles. The molecular formula is C21H21ClN2O4S. The van der Waals surface area contributed by atoms with Crippen molar-refractivity contribution in [2.24, 2.45) is 0 Å². The summed E-state index contributed by atoms with van der Waals surface area (Å²) in [5, 5.41) is 13.8. The average molecular weight is 433 g/mol. The molecule has 0 aliphatic rings. The first kappa shape index (κ1) is 21.2. The van der Waals surface area contributed by atoms with Gasteiger partial charge in [0.1, 0.15) is 10.7 Å². The van der Waals surface area contributed by atoms with Crippen LogP contribution in [-0.2, 0) is 0 Å². The van der Waals surface area contributed by atoms with E-state index in [1.54, 1.807) is 13.0 Å². The van der Waals surface area contributed by atoms with Gasteiger partial charge in [-0.05, 0) is 50.3 Å². The van der Waals surface area contributed by atoms with E-state index in [2.05, 4.69) is 10.3 Å². The zero-order valence-electron chi connectivity index (χ0n) is 16.5. The first-order chi connectivity index (χ1) is 13.7. The van der Waals surface area contributed by atoms with Crippen LogP contribution in [0.1, 0.15) is 47.1 Å². The summed E-state index contributed by atoms with van der Waals surface area (Å²) in [5.74, 6) is -0.400. The Kier molecular flexibility index (Phi) is 6.19. The van der Waals surface area contributed by atoms with Crippen molar-refractivity contribution in [3.8, 4) is 0 Å². The van der Waals surface area contributed by atoms with Crippen molar-refractivity contribution in [3.05, 3.63) is 62.0 Å². The molecule has 0 unspecified atom stereocenters. The number of fused-ring (bicyclic) bond motifs is 1. The first-order valence-corrected chi connectivity index (χ1v) is 10.5. The number of hydrogen-bond donors (Lipinski definition) is 2. The van der Waals surface area contributed by atoms with E-state index in [4.69, 9.17) is 16.0 Å². The number of nitrogens with zero attached hydrogens (tertiary/aromatic N) is 1. The van der Waals surface area contributed by atoms with E-state index < -0.39 is 5.97 Å². The van der Waals surface area contributed by atoms with E-state index in [0.29, 0.717) is 27.3 Å². The molecule has 6 nitrogen and oxygen atoms in total. The Morgan fingerprint density at radius 1 is 1.34 bits per heavy atom. The number of nitrogens with one attached hydrogen (secondary N) is 1. The summed E-state index contributed by atoms with van der Waals surface area (Å²) in [5.41, 5.74) is 2.89. The molecule has 0 saturated carbocycles. The fraction of sp³-hybridized carbons (Fsp3) is 0.286. The topological polar surface area (TPSA) is 92.4 Å². The van der Waals surface area contributed by atoms with Crippen molar-refractivity contribution in [2.75, 3.05) is 11.1 Å². The smallest absolute Gasteiger partial charge is 0.356 e. The second-order valence-corrected chi connectivity index (χ2v) is 8.33. The summed E-state index contributed by atoms with van der Waals surface area (Å²) >= 11 is 7.32. The van der Waals surface area contributed by atoms with Crippen LogP contribution in [0.15, 0.2) is 38.6 Å². The van der Waals surface area contributed by atoms with Crippen molar-refractivity contribution in [1.82, 2.24) is 4.98 Å². The van der Waals surface area contributed by atoms with E-state index in [9.17, 15) is 14.7 Å². The van der Waals surface area contributed by atoms with Crippen molar-refractivity contribution in [1.29, 1.82) is 0 Å². The minimum absolute atomic E-state index is 0.0567. The van der Waals surface area contributed by atoms with Gasteiger partial charge in [0.15, 0.2) is 16.2 Å². The van der Waals surface area contributed by atoms with Crippen LogP contribution < -0.4 is 10.7 Å². The number of thioether (sulfide) groups is 1. The highest BCUT2D eigenvalue weighted by atomic mass is 35.5. The molecule has 0 bridgehead atoms. The number of aromatic carboxylic acids is 1. The Balaban J connectivity index is 2.14. The Morgan fingerprint density at radius 2 is 2.07 bits per heavy atom. The summed E-state index contributed by atoms with van der Waals surface area (Å²) < 4.78 is 6.13. The summed E-state index contributed by atoms with van der Waals surface area (Å²) in [4.78, 5) is 28.3. The van der Waals surface area contributed by atoms with E-state index in [-0.39, 0.29) is 22.3 Å². The molecule has 0 aliphatic heterocycles. The van der Waals surface area contributed by atoms with Gasteiger partial charge in [0.25, 0.3) is 0 Å². The zero-order valence-corrected chi connectivity index (χ0v) is 18.1. The Bertz CT molecular complexity index is 1160. The van der Waals surface area contributed by atoms with E-state index in [0.717, 1.165) is 16.9 Å². The summed E-state index contributed by atoms with van der Waals surface area (Å²) in [6.07, 6.45) is 0. The number of benzene rings is 1. The lowest BCUT2D eigenvalue weighted by molar-refractivity contribution is 0.0691. The van der Waals surface area contributed by atoms with Gasteiger partial charge in [0.2, 0.25) is 0 Å². The zero-order chi connectivity index (χ0) is 21.3. The maximum atomic E-state index is 12.9. The number of halogens is 1. The molecule has 1 atom stereocenters. The lowest BCUT2D eigenvalue weighted by Crippen LogP contribution is -2.14. The lowest BCUT2D eigenvalue weighted by atomic mass is 10.0. The molecule has 3 rings (SSSR count). The number of rotatable bonds is 6. The van der Waals surface area contributed by atoms with Crippen LogP contribution in [0.4, 0.5) is 5.69 Å². The molecule has 2 N–H and O–H groups in total. The fourth-order valence-electron chi connectivity index (χ4n) is 3.16. The molecule has 2 aromatic heterocycles. The third kappa shape index (κ3) is 4.26. The third-order valence-corrected chi connectivity index (χ3v) is 5.68. The Morgan fingerprint density at radius 3 is 2.72 bits per heavy atom. The summed E-state index contributed by atoms with van der Waals surface area (Å²) in [7, 11) is 0. The number of aromatic nitrogens is 1. The number of pyridine rings is 1. The number of aryl methyl sites for hydroxylation is 1. The fourth-order valence-corrected chi connectivity index (χ4v) is 4.03. The van der Waals surface area contributed by atoms with E-state index >= 15 is 0 Å². The minimum atomic E-state index is -1.18. The number of carboxylic acids is 1. The van der Waals surface area contributed by atoms with Crippen molar-refractivity contribution < 1.29 is 14.3 Å². The predicted molar refractivity (Wildman–Crippen MR) is 117 cm³/mol. The quantitative estimate of drug-likeness (QED) is 0.395. The van der Waals surface area contributed by atoms with Gasteiger partial charge in [-0.2, -0.15) is 0 Å². The standard InChI is InChI=1S/C21H21ClN2O4S/c1-5-29-21-11(3)18(25)14-9-10(2)8-13(19(14)28-21)12(4)23-15-6-7-16(22)24-17(15)20(26)27/h6-9,12,23H,5H2,1-4H3,(H,26,27)/t12-/m1/s1. The molecule has 0 aliphatic carbocycles. The SMILES string of the molecule is CCSc1oc2c([C@@H](C)Nc3ccc(Cl)nc3C(=O)O)cc(C)cc2c(=O)c1C. The van der Waals surface area contributed by atoms with Crippen molar-refractivity contribution in [2.45, 2.75) is 38.8 Å². The lowest BCUT2D eigenvalue weighted by Gasteiger charge is -2.19. The highest BCUT2D eigenvalue weighted by Crippen LogP contribution is 2.32. The average Bonchev–Trinajstić information content (AvgIpc) is 2.67. The molecule has 3 aromatic rings. The van der Waals surface area contributed by atoms with Gasteiger partial charge < -0.3 is 14.8 Å². The van der Waals surface area contributed by atoms with Crippen LogP contribution in [0.2, 0.25) is 5.15 Å². The van der Waals surface area contributed by atoms with Gasteiger partial charge in [0.05, 0.1) is 17.1 Å². The predicted octanol–water partition coefficient (Wildman–Crippen LogP) is 5.44. The number of anilines is 1. The monoisotopic (exact) mass is 432 g/mol. The van der Waals surface area contributed by atoms with Gasteiger partial charge in [-0.3, -0.25) is 4.79 Å². The highest BCUT2D eigenvalue weighted by Gasteiger charge is 2.20. The second-order valence-electron chi connectivity index (χ2n) is 6.71. The largest absolute Gasteiger partial charge is 0.476 e. The Labute approximate surface area is 177 Å². The van der Waals surface area contributed by atoms with Gasteiger partial charge in [-0.25, -0.2) is 9.78 Å². The second kappa shape index (κ2) is 8.47. The highest BCUT2D eigenvalue weighted by molar-refractivity contribution is 7.99. The molecule has 0 amide bonds. The molecule has 0 saturated heterocycles. The van der Waals surface area contributed by atoms with E-state index in [1.165, 1.54) is 17.8 Å². The van der Waals surface area contributed by atoms with Crippen molar-refractivity contribution in [3.63, 3.8) is 0 Å². The maximum Gasteiger partial charge on any atom is 0.356 e. The van der Waals surface area contributed by atoms with Crippen LogP contribution in [-0.4, -0.2) is 21.8 Å². The number of carbonyl (C=O) groups is 1. The number of carboxylic acid groups (broad SMARTS) is 1. The Hall–Kier alpha value is -2.51. The first-order valence-electron chi connectivity index (χ1n) is 9.10. The van der Waals surface area contributed by atoms with Gasteiger partial charge >= 0.3 is 5.97 Å². The van der Waals surface area contributed by atoms with E-state index in [1.807, 2.05) is 32.9 Å². The van der Waals surface area contributed by atoms with Gasteiger partial charge in [-0.1, -0.05) is 36.4 Å². The van der Waals surface area contributed by atoms with Gasteiger partial charge in [0, 0.05) is 11.1 Å². The molecule has 0 radical (unpaired) electrons. The van der Waals surface area contributed by atoms with Crippen LogP contribution in [0.25, 0.3) is 11.0 Å². The molecule has 8 heteroatoms. The minimum Gasteiger partial charge on any atom is -0.476 e. The molecular weight excluding hydrogens is 412 g/mol. The molecule has 1 aromatic carbocycles. The van der Waals surface area contributed by atoms with Crippen LogP contribution in [0.3, 0.4) is 0 Å². The summed E-state index contributed by atoms with van der Waals surface area (Å²) in [6.45, 7) is 7.55. The van der Waals surface area contributed by atoms with Crippen molar-refractivity contribution >= 4 is 46.0 Å². The normalized spacial score (nSPS) is 12.2. The molecule has 152 valence electrons. The third-order valence-electron chi connectivity index (χ3n) is 4.53. The van der Waals surface area contributed by atoms with Gasteiger partial charge in [-0.15, -0.1) is 0 Å². The molecule has 0 spiro atoms. The summed E-state index contributed by atoms with van der Waals surface area (Å²) in [6, 6.07) is 6.51.